The molecule has 0 N–H and O–H groups in total. The first-order valence-corrected chi connectivity index (χ1v) is 11.8. The standard InChI is InChI=1S/C23H31NO4S/c1-5-18(4)24(23(25)22(6-2)20-11-9-8-10-12-20)17-19-13-15-21(16-14-19)28-29(26,27)7-3/h8-16,18,22H,5-7,17H2,1-4H3/t18-,22+/m1/s1. The molecule has 0 fully saturated rings. The van der Waals surface area contributed by atoms with E-state index >= 15 is 0 Å². The Morgan fingerprint density at radius 1 is 0.966 bits per heavy atom. The van der Waals surface area contributed by atoms with Gasteiger partial charge in [-0.3, -0.25) is 4.79 Å². The van der Waals surface area contributed by atoms with E-state index < -0.39 is 10.1 Å². The maximum absolute atomic E-state index is 13.4. The van der Waals surface area contributed by atoms with Crippen molar-refractivity contribution in [3.8, 4) is 5.75 Å². The van der Waals surface area contributed by atoms with Gasteiger partial charge in [-0.05, 0) is 49.9 Å². The third-order valence-corrected chi connectivity index (χ3v) is 6.32. The van der Waals surface area contributed by atoms with Crippen molar-refractivity contribution in [2.75, 3.05) is 5.75 Å². The second kappa shape index (κ2) is 10.4. The predicted molar refractivity (Wildman–Crippen MR) is 116 cm³/mol. The van der Waals surface area contributed by atoms with E-state index in [0.717, 1.165) is 24.0 Å². The number of nitrogens with zero attached hydrogens (tertiary/aromatic N) is 1. The monoisotopic (exact) mass is 417 g/mol. The summed E-state index contributed by atoms with van der Waals surface area (Å²) in [5, 5.41) is 0. The van der Waals surface area contributed by atoms with Crippen LogP contribution in [0.2, 0.25) is 0 Å². The Morgan fingerprint density at radius 3 is 2.10 bits per heavy atom. The Labute approximate surface area is 174 Å². The van der Waals surface area contributed by atoms with Gasteiger partial charge < -0.3 is 9.08 Å². The molecule has 0 spiro atoms. The van der Waals surface area contributed by atoms with Crippen LogP contribution in [0.5, 0.6) is 5.75 Å². The molecule has 0 aliphatic carbocycles. The highest BCUT2D eigenvalue weighted by molar-refractivity contribution is 7.87. The van der Waals surface area contributed by atoms with Gasteiger partial charge in [-0.15, -0.1) is 0 Å². The third-order valence-electron chi connectivity index (χ3n) is 5.17. The quantitative estimate of drug-likeness (QED) is 0.524. The second-order valence-corrected chi connectivity index (χ2v) is 9.03. The molecule has 0 aliphatic heterocycles. The maximum Gasteiger partial charge on any atom is 0.308 e. The van der Waals surface area contributed by atoms with Gasteiger partial charge in [0.05, 0.1) is 11.7 Å². The summed E-state index contributed by atoms with van der Waals surface area (Å²) in [6.07, 6.45) is 1.59. The zero-order valence-corrected chi connectivity index (χ0v) is 18.5. The first-order chi connectivity index (χ1) is 13.8. The Hall–Kier alpha value is -2.34. The summed E-state index contributed by atoms with van der Waals surface area (Å²) in [5.41, 5.74) is 1.96. The van der Waals surface area contributed by atoms with Crippen molar-refractivity contribution in [1.29, 1.82) is 0 Å². The number of hydrogen-bond acceptors (Lipinski definition) is 4. The largest absolute Gasteiger partial charge is 0.382 e. The van der Waals surface area contributed by atoms with Gasteiger partial charge in [0.25, 0.3) is 0 Å². The zero-order chi connectivity index (χ0) is 21.4. The van der Waals surface area contributed by atoms with Gasteiger partial charge in [-0.1, -0.05) is 56.3 Å². The van der Waals surface area contributed by atoms with E-state index in [2.05, 4.69) is 13.8 Å². The van der Waals surface area contributed by atoms with Crippen molar-refractivity contribution in [3.63, 3.8) is 0 Å². The summed E-state index contributed by atoms with van der Waals surface area (Å²) in [6, 6.07) is 16.9. The van der Waals surface area contributed by atoms with E-state index in [1.165, 1.54) is 6.92 Å². The Balaban J connectivity index is 2.21. The van der Waals surface area contributed by atoms with Crippen LogP contribution in [0.3, 0.4) is 0 Å². The molecular weight excluding hydrogens is 386 g/mol. The number of amides is 1. The molecule has 2 atom stereocenters. The summed E-state index contributed by atoms with van der Waals surface area (Å²) in [7, 11) is -3.55. The average molecular weight is 418 g/mol. The second-order valence-electron chi connectivity index (χ2n) is 7.17. The molecule has 6 heteroatoms. The van der Waals surface area contributed by atoms with Crippen LogP contribution in [0.25, 0.3) is 0 Å². The van der Waals surface area contributed by atoms with E-state index in [4.69, 9.17) is 4.18 Å². The van der Waals surface area contributed by atoms with Crippen LogP contribution < -0.4 is 4.18 Å². The lowest BCUT2D eigenvalue weighted by Crippen LogP contribution is -2.40. The highest BCUT2D eigenvalue weighted by Gasteiger charge is 2.27. The molecule has 2 aromatic carbocycles. The molecule has 5 nitrogen and oxygen atoms in total. The van der Waals surface area contributed by atoms with Gasteiger partial charge in [0.2, 0.25) is 5.91 Å². The van der Waals surface area contributed by atoms with Crippen molar-refractivity contribution in [2.45, 2.75) is 59.0 Å². The zero-order valence-electron chi connectivity index (χ0n) is 17.7. The smallest absolute Gasteiger partial charge is 0.308 e. The molecule has 0 unspecified atom stereocenters. The molecule has 2 rings (SSSR count). The number of hydrogen-bond donors (Lipinski definition) is 0. The van der Waals surface area contributed by atoms with E-state index in [1.807, 2.05) is 54.3 Å². The Morgan fingerprint density at radius 2 is 1.59 bits per heavy atom. The van der Waals surface area contributed by atoms with Crippen molar-refractivity contribution in [2.24, 2.45) is 0 Å². The topological polar surface area (TPSA) is 63.7 Å². The molecule has 0 saturated heterocycles. The fourth-order valence-corrected chi connectivity index (χ4v) is 3.68. The number of carbonyl (C=O) groups excluding carboxylic acids is 1. The minimum absolute atomic E-state index is 0.0804. The fraction of sp³-hybridized carbons (Fsp3) is 0.435. The molecule has 158 valence electrons. The van der Waals surface area contributed by atoms with Crippen LogP contribution >= 0.6 is 0 Å². The predicted octanol–water partition coefficient (Wildman–Crippen LogP) is 4.74. The summed E-state index contributed by atoms with van der Waals surface area (Å²) < 4.78 is 28.3. The van der Waals surface area contributed by atoms with Crippen LogP contribution in [-0.2, 0) is 21.5 Å². The summed E-state index contributed by atoms with van der Waals surface area (Å²) in [6.45, 7) is 8.17. The molecule has 1 amide bonds. The fourth-order valence-electron chi connectivity index (χ4n) is 3.16. The number of carbonyl (C=O) groups is 1. The average Bonchev–Trinajstić information content (AvgIpc) is 2.73. The number of rotatable bonds is 10. The normalized spacial score (nSPS) is 13.5. The lowest BCUT2D eigenvalue weighted by Gasteiger charge is -2.32. The van der Waals surface area contributed by atoms with Gasteiger partial charge in [-0.2, -0.15) is 8.42 Å². The summed E-state index contributed by atoms with van der Waals surface area (Å²) in [4.78, 5) is 15.3. The Bertz CT molecular complexity index is 879. The molecule has 0 saturated carbocycles. The van der Waals surface area contributed by atoms with E-state index in [1.54, 1.807) is 12.1 Å². The lowest BCUT2D eigenvalue weighted by molar-refractivity contribution is -0.135. The van der Waals surface area contributed by atoms with Crippen LogP contribution in [-0.4, -0.2) is 31.0 Å². The molecule has 0 aromatic heterocycles. The van der Waals surface area contributed by atoms with Gasteiger partial charge >= 0.3 is 10.1 Å². The van der Waals surface area contributed by atoms with Crippen LogP contribution in [0.4, 0.5) is 0 Å². The van der Waals surface area contributed by atoms with E-state index in [-0.39, 0.29) is 29.4 Å². The molecule has 0 aliphatic rings. The lowest BCUT2D eigenvalue weighted by atomic mass is 9.94. The van der Waals surface area contributed by atoms with Crippen LogP contribution in [0.1, 0.15) is 57.6 Å². The molecule has 0 bridgehead atoms. The van der Waals surface area contributed by atoms with Crippen molar-refractivity contribution >= 4 is 16.0 Å². The maximum atomic E-state index is 13.4. The highest BCUT2D eigenvalue weighted by atomic mass is 32.2. The molecular formula is C23H31NO4S. The number of benzene rings is 2. The minimum atomic E-state index is -3.55. The molecule has 2 aromatic rings. The minimum Gasteiger partial charge on any atom is -0.382 e. The van der Waals surface area contributed by atoms with Gasteiger partial charge in [0.15, 0.2) is 0 Å². The first-order valence-electron chi connectivity index (χ1n) is 10.2. The third kappa shape index (κ3) is 6.32. The van der Waals surface area contributed by atoms with E-state index in [0.29, 0.717) is 6.54 Å². The summed E-state index contributed by atoms with van der Waals surface area (Å²) in [5.74, 6) is 0.139. The van der Waals surface area contributed by atoms with Gasteiger partial charge in [0, 0.05) is 12.6 Å². The van der Waals surface area contributed by atoms with Crippen molar-refractivity contribution < 1.29 is 17.4 Å². The Kier molecular flexibility index (Phi) is 8.26. The van der Waals surface area contributed by atoms with Gasteiger partial charge in [0.1, 0.15) is 5.75 Å². The van der Waals surface area contributed by atoms with Crippen molar-refractivity contribution in [3.05, 3.63) is 65.7 Å². The van der Waals surface area contributed by atoms with E-state index in [9.17, 15) is 13.2 Å². The molecule has 0 heterocycles. The van der Waals surface area contributed by atoms with Crippen molar-refractivity contribution in [1.82, 2.24) is 4.90 Å². The summed E-state index contributed by atoms with van der Waals surface area (Å²) >= 11 is 0. The highest BCUT2D eigenvalue weighted by Crippen LogP contribution is 2.25. The van der Waals surface area contributed by atoms with Crippen LogP contribution in [0.15, 0.2) is 54.6 Å². The van der Waals surface area contributed by atoms with Crippen LogP contribution in [0, 0.1) is 0 Å². The molecule has 0 radical (unpaired) electrons. The SMILES string of the molecule is CC[C@H](C(=O)N(Cc1ccc(OS(=O)(=O)CC)cc1)[C@H](C)CC)c1ccccc1. The molecule has 29 heavy (non-hydrogen) atoms. The van der Waals surface area contributed by atoms with Gasteiger partial charge in [-0.25, -0.2) is 0 Å². The first kappa shape index (κ1) is 22.9.